The highest BCUT2D eigenvalue weighted by atomic mass is 32.1. The van der Waals surface area contributed by atoms with Gasteiger partial charge in [-0.25, -0.2) is 4.98 Å². The number of nitrogens with zero attached hydrogens (tertiary/aromatic N) is 1. The highest BCUT2D eigenvalue weighted by Gasteiger charge is 2.29. The summed E-state index contributed by atoms with van der Waals surface area (Å²) in [4.78, 5) is 43.8. The van der Waals surface area contributed by atoms with Crippen LogP contribution in [0.4, 0.5) is 5.13 Å². The number of hydrogen-bond acceptors (Lipinski definition) is 5. The van der Waals surface area contributed by atoms with Gasteiger partial charge in [-0.05, 0) is 30.9 Å². The van der Waals surface area contributed by atoms with Gasteiger partial charge in [0, 0.05) is 35.6 Å². The fraction of sp³-hybridized carbons (Fsp3) is 0.333. The average Bonchev–Trinajstić information content (AvgIpc) is 3.35. The second kappa shape index (κ2) is 9.08. The van der Waals surface area contributed by atoms with Gasteiger partial charge in [-0.3, -0.25) is 14.4 Å². The Labute approximate surface area is 177 Å². The molecule has 4 N–H and O–H groups in total. The van der Waals surface area contributed by atoms with Crippen molar-refractivity contribution in [1.82, 2.24) is 20.6 Å². The largest absolute Gasteiger partial charge is 0.361 e. The Bertz CT molecular complexity index is 1070. The van der Waals surface area contributed by atoms with Gasteiger partial charge < -0.3 is 20.9 Å². The Morgan fingerprint density at radius 3 is 3.00 bits per heavy atom. The van der Waals surface area contributed by atoms with Crippen molar-refractivity contribution in [1.29, 1.82) is 0 Å². The maximum absolute atomic E-state index is 12.3. The highest BCUT2D eigenvalue weighted by molar-refractivity contribution is 7.13. The first kappa shape index (κ1) is 20.1. The zero-order chi connectivity index (χ0) is 20.9. The van der Waals surface area contributed by atoms with E-state index >= 15 is 0 Å². The molecule has 0 bridgehead atoms. The quantitative estimate of drug-likeness (QED) is 0.433. The number of thiazole rings is 1. The topological polar surface area (TPSA) is 116 Å². The van der Waals surface area contributed by atoms with Crippen molar-refractivity contribution in [3.05, 3.63) is 47.1 Å². The van der Waals surface area contributed by atoms with Crippen molar-refractivity contribution in [2.24, 2.45) is 5.92 Å². The van der Waals surface area contributed by atoms with Gasteiger partial charge >= 0.3 is 0 Å². The van der Waals surface area contributed by atoms with Crippen LogP contribution < -0.4 is 16.0 Å². The lowest BCUT2D eigenvalue weighted by atomic mass is 9.98. The number of nitrogens with one attached hydrogen (secondary N) is 4. The fourth-order valence-corrected chi connectivity index (χ4v) is 4.28. The molecule has 1 atom stereocenters. The standard InChI is InChI=1S/C21H23N5O3S/c27-18(22-9-7-13-11-24-17-6-2-1-4-15(13)17)10-14-12-30-21(25-14)26-20(29)16-5-3-8-23-19(16)28/h1-2,4,6,11-12,16,24H,3,5,7-10H2,(H,22,27)(H,23,28)(H,25,26,29). The molecule has 3 aromatic rings. The summed E-state index contributed by atoms with van der Waals surface area (Å²) in [5, 5.41) is 11.6. The lowest BCUT2D eigenvalue weighted by molar-refractivity contribution is -0.134. The molecular weight excluding hydrogens is 402 g/mol. The SMILES string of the molecule is O=C(Cc1csc(NC(=O)C2CCCNC2=O)n1)NCCc1c[nH]c2ccccc12. The van der Waals surface area contributed by atoms with Gasteiger partial charge in [-0.1, -0.05) is 18.2 Å². The Morgan fingerprint density at radius 2 is 2.13 bits per heavy atom. The molecule has 0 spiro atoms. The molecule has 30 heavy (non-hydrogen) atoms. The molecule has 1 saturated heterocycles. The summed E-state index contributed by atoms with van der Waals surface area (Å²) in [6, 6.07) is 8.07. The van der Waals surface area contributed by atoms with Crippen LogP contribution in [0.25, 0.3) is 10.9 Å². The first-order chi connectivity index (χ1) is 14.6. The molecule has 1 unspecified atom stereocenters. The summed E-state index contributed by atoms with van der Waals surface area (Å²) in [5.41, 5.74) is 2.84. The second-order valence-corrected chi connectivity index (χ2v) is 8.11. The van der Waals surface area contributed by atoms with Crippen LogP contribution in [-0.2, 0) is 27.2 Å². The van der Waals surface area contributed by atoms with E-state index in [-0.39, 0.29) is 24.1 Å². The van der Waals surface area contributed by atoms with Crippen LogP contribution in [0, 0.1) is 5.92 Å². The van der Waals surface area contributed by atoms with Crippen molar-refractivity contribution in [3.63, 3.8) is 0 Å². The minimum Gasteiger partial charge on any atom is -0.361 e. The maximum atomic E-state index is 12.3. The van der Waals surface area contributed by atoms with Gasteiger partial charge in [0.1, 0.15) is 5.92 Å². The molecule has 3 heterocycles. The molecular formula is C21H23N5O3S. The number of aromatic nitrogens is 2. The summed E-state index contributed by atoms with van der Waals surface area (Å²) in [6.07, 6.45) is 4.17. The summed E-state index contributed by atoms with van der Waals surface area (Å²) < 4.78 is 0. The molecule has 0 radical (unpaired) electrons. The Hall–Kier alpha value is -3.20. The highest BCUT2D eigenvalue weighted by Crippen LogP contribution is 2.20. The second-order valence-electron chi connectivity index (χ2n) is 7.26. The number of amides is 3. The summed E-state index contributed by atoms with van der Waals surface area (Å²) in [5.74, 6) is -1.40. The molecule has 8 nitrogen and oxygen atoms in total. The number of fused-ring (bicyclic) bond motifs is 1. The molecule has 1 aromatic carbocycles. The monoisotopic (exact) mass is 425 g/mol. The minimum atomic E-state index is -0.682. The number of carbonyl (C=O) groups excluding carboxylic acids is 3. The Morgan fingerprint density at radius 1 is 1.27 bits per heavy atom. The van der Waals surface area contributed by atoms with E-state index in [9.17, 15) is 14.4 Å². The van der Waals surface area contributed by atoms with Crippen LogP contribution >= 0.6 is 11.3 Å². The smallest absolute Gasteiger partial charge is 0.238 e. The van der Waals surface area contributed by atoms with Crippen molar-refractivity contribution in [3.8, 4) is 0 Å². The van der Waals surface area contributed by atoms with Crippen molar-refractivity contribution in [2.45, 2.75) is 25.7 Å². The van der Waals surface area contributed by atoms with Gasteiger partial charge in [0.05, 0.1) is 12.1 Å². The van der Waals surface area contributed by atoms with E-state index < -0.39 is 5.92 Å². The fourth-order valence-electron chi connectivity index (χ4n) is 3.56. The zero-order valence-electron chi connectivity index (χ0n) is 16.4. The molecule has 1 fully saturated rings. The number of H-pyrrole nitrogens is 1. The van der Waals surface area contributed by atoms with E-state index in [0.717, 1.165) is 23.9 Å². The van der Waals surface area contributed by atoms with E-state index in [1.165, 1.54) is 16.7 Å². The van der Waals surface area contributed by atoms with Crippen LogP contribution in [0.3, 0.4) is 0 Å². The summed E-state index contributed by atoms with van der Waals surface area (Å²) in [7, 11) is 0. The van der Waals surface area contributed by atoms with Gasteiger partial charge in [0.15, 0.2) is 5.13 Å². The number of hydrogen-bond donors (Lipinski definition) is 4. The molecule has 0 aliphatic carbocycles. The van der Waals surface area contributed by atoms with Gasteiger partial charge in [-0.2, -0.15) is 0 Å². The third-order valence-electron chi connectivity index (χ3n) is 5.12. The van der Waals surface area contributed by atoms with E-state index in [1.807, 2.05) is 24.4 Å². The molecule has 4 rings (SSSR count). The first-order valence-electron chi connectivity index (χ1n) is 9.95. The predicted octanol–water partition coefficient (Wildman–Crippen LogP) is 1.99. The van der Waals surface area contributed by atoms with Crippen LogP contribution in [-0.4, -0.2) is 40.8 Å². The van der Waals surface area contributed by atoms with Gasteiger partial charge in [0.25, 0.3) is 0 Å². The van der Waals surface area contributed by atoms with Crippen LogP contribution in [0.5, 0.6) is 0 Å². The molecule has 2 aromatic heterocycles. The van der Waals surface area contributed by atoms with Crippen molar-refractivity contribution < 1.29 is 14.4 Å². The third-order valence-corrected chi connectivity index (χ3v) is 5.92. The predicted molar refractivity (Wildman–Crippen MR) is 115 cm³/mol. The summed E-state index contributed by atoms with van der Waals surface area (Å²) in [6.45, 7) is 1.14. The third kappa shape index (κ3) is 4.68. The van der Waals surface area contributed by atoms with Crippen molar-refractivity contribution >= 4 is 45.1 Å². The first-order valence-corrected chi connectivity index (χ1v) is 10.8. The van der Waals surface area contributed by atoms with E-state index in [2.05, 4.69) is 32.0 Å². The molecule has 1 aliphatic rings. The lowest BCUT2D eigenvalue weighted by Gasteiger charge is -2.20. The van der Waals surface area contributed by atoms with Crippen molar-refractivity contribution in [2.75, 3.05) is 18.4 Å². The van der Waals surface area contributed by atoms with E-state index in [0.29, 0.717) is 30.3 Å². The number of anilines is 1. The molecule has 1 aliphatic heterocycles. The van der Waals surface area contributed by atoms with E-state index in [4.69, 9.17) is 0 Å². The molecule has 156 valence electrons. The Kier molecular flexibility index (Phi) is 6.08. The van der Waals surface area contributed by atoms with Crippen LogP contribution in [0.15, 0.2) is 35.8 Å². The van der Waals surface area contributed by atoms with Crippen LogP contribution in [0.1, 0.15) is 24.1 Å². The van der Waals surface area contributed by atoms with E-state index in [1.54, 1.807) is 5.38 Å². The number of para-hydroxylation sites is 1. The normalized spacial score (nSPS) is 16.3. The zero-order valence-corrected chi connectivity index (χ0v) is 17.2. The van der Waals surface area contributed by atoms with Gasteiger partial charge in [0.2, 0.25) is 17.7 Å². The summed E-state index contributed by atoms with van der Waals surface area (Å²) >= 11 is 1.25. The minimum absolute atomic E-state index is 0.121. The number of piperidine rings is 1. The molecule has 9 heteroatoms. The number of benzene rings is 1. The lowest BCUT2D eigenvalue weighted by Crippen LogP contribution is -2.42. The number of rotatable bonds is 7. The Balaban J connectivity index is 1.24. The molecule has 3 amide bonds. The van der Waals surface area contributed by atoms with Crippen LogP contribution in [0.2, 0.25) is 0 Å². The number of aromatic amines is 1. The molecule has 0 saturated carbocycles. The van der Waals surface area contributed by atoms with Gasteiger partial charge in [-0.15, -0.1) is 11.3 Å². The maximum Gasteiger partial charge on any atom is 0.238 e. The number of carbonyl (C=O) groups is 3. The average molecular weight is 426 g/mol.